The Kier molecular flexibility index (Phi) is 4.30. The van der Waals surface area contributed by atoms with E-state index in [1.54, 1.807) is 24.3 Å². The topological polar surface area (TPSA) is 80.1 Å². The fourth-order valence-corrected chi connectivity index (χ4v) is 1.94. The van der Waals surface area contributed by atoms with Crippen LogP contribution in [0.2, 0.25) is 5.02 Å². The van der Waals surface area contributed by atoms with Crippen molar-refractivity contribution >= 4 is 17.3 Å². The molecule has 0 atom stereocenters. The molecule has 1 aromatic carbocycles. The molecule has 1 aromatic heterocycles. The van der Waals surface area contributed by atoms with Gasteiger partial charge in [0.05, 0.1) is 20.4 Å². The Morgan fingerprint density at radius 2 is 2.00 bits per heavy atom. The van der Waals surface area contributed by atoms with Crippen LogP contribution in [0.5, 0.6) is 11.6 Å². The molecule has 0 amide bonds. The second-order valence-corrected chi connectivity index (χ2v) is 4.21. The Bertz CT molecular complexity index is 684. The van der Waals surface area contributed by atoms with Crippen molar-refractivity contribution in [3.63, 3.8) is 0 Å². The molecule has 0 saturated carbocycles. The quantitative estimate of drug-likeness (QED) is 0.476. The summed E-state index contributed by atoms with van der Waals surface area (Å²) >= 11 is 6.01. The first-order valence-electron chi connectivity index (χ1n) is 5.62. The molecule has 20 heavy (non-hydrogen) atoms. The summed E-state index contributed by atoms with van der Waals surface area (Å²) < 4.78 is 10.4. The summed E-state index contributed by atoms with van der Waals surface area (Å²) in [5.41, 5.74) is 10.4. The van der Waals surface area contributed by atoms with Gasteiger partial charge in [-0.15, -0.1) is 0 Å². The van der Waals surface area contributed by atoms with Crippen molar-refractivity contribution in [2.45, 2.75) is 0 Å². The third-order valence-corrected chi connectivity index (χ3v) is 2.91. The fraction of sp³-hybridized carbons (Fsp3) is 0.154. The lowest BCUT2D eigenvalue weighted by Crippen LogP contribution is -1.93. The number of hydrogen-bond acceptors (Lipinski definition) is 4. The maximum atomic E-state index is 8.64. The van der Waals surface area contributed by atoms with E-state index in [1.165, 1.54) is 20.4 Å². The van der Waals surface area contributed by atoms with Crippen LogP contribution in [0.15, 0.2) is 35.6 Å². The highest BCUT2D eigenvalue weighted by Gasteiger charge is 2.12. The van der Waals surface area contributed by atoms with Gasteiger partial charge in [0.2, 0.25) is 5.88 Å². The van der Waals surface area contributed by atoms with E-state index in [4.69, 9.17) is 26.6 Å². The van der Waals surface area contributed by atoms with Crippen LogP contribution < -0.4 is 9.47 Å². The van der Waals surface area contributed by atoms with Crippen molar-refractivity contribution < 1.29 is 9.47 Å². The van der Waals surface area contributed by atoms with Gasteiger partial charge >= 0.3 is 0 Å². The SMILES string of the molecule is COc1cc(-c2cc(Cl)ccc2N=[N+]=[N-])c(OC)cn1. The van der Waals surface area contributed by atoms with Crippen LogP contribution in [0.25, 0.3) is 21.6 Å². The lowest BCUT2D eigenvalue weighted by atomic mass is 10.0. The first-order chi connectivity index (χ1) is 9.69. The van der Waals surface area contributed by atoms with Crippen LogP contribution in [0.4, 0.5) is 5.69 Å². The Morgan fingerprint density at radius 1 is 1.20 bits per heavy atom. The molecule has 0 bridgehead atoms. The van der Waals surface area contributed by atoms with Crippen molar-refractivity contribution in [2.24, 2.45) is 5.11 Å². The largest absolute Gasteiger partial charge is 0.494 e. The van der Waals surface area contributed by atoms with Gasteiger partial charge in [0.25, 0.3) is 0 Å². The summed E-state index contributed by atoms with van der Waals surface area (Å²) in [6.45, 7) is 0. The molecular formula is C13H11ClN4O2. The van der Waals surface area contributed by atoms with E-state index in [0.29, 0.717) is 33.5 Å². The van der Waals surface area contributed by atoms with Gasteiger partial charge in [0.1, 0.15) is 5.75 Å². The monoisotopic (exact) mass is 290 g/mol. The normalized spacial score (nSPS) is 9.75. The zero-order chi connectivity index (χ0) is 14.5. The molecule has 0 radical (unpaired) electrons. The van der Waals surface area contributed by atoms with Gasteiger partial charge in [-0.1, -0.05) is 22.8 Å². The first-order valence-corrected chi connectivity index (χ1v) is 6.00. The molecule has 0 N–H and O–H groups in total. The lowest BCUT2D eigenvalue weighted by molar-refractivity contribution is 0.388. The predicted octanol–water partition coefficient (Wildman–Crippen LogP) is 4.36. The number of ether oxygens (including phenoxy) is 2. The van der Waals surface area contributed by atoms with Crippen molar-refractivity contribution in [3.05, 3.63) is 45.9 Å². The van der Waals surface area contributed by atoms with E-state index in [0.717, 1.165) is 0 Å². The minimum atomic E-state index is 0.424. The highest BCUT2D eigenvalue weighted by atomic mass is 35.5. The van der Waals surface area contributed by atoms with E-state index in [9.17, 15) is 0 Å². The number of azide groups is 1. The molecule has 2 rings (SSSR count). The second-order valence-electron chi connectivity index (χ2n) is 3.78. The van der Waals surface area contributed by atoms with Crippen LogP contribution in [-0.2, 0) is 0 Å². The van der Waals surface area contributed by atoms with Gasteiger partial charge in [-0.2, -0.15) is 0 Å². The summed E-state index contributed by atoms with van der Waals surface area (Å²) in [5.74, 6) is 0.954. The van der Waals surface area contributed by atoms with E-state index in [-0.39, 0.29) is 0 Å². The molecule has 1 heterocycles. The Hall–Kier alpha value is -2.43. The van der Waals surface area contributed by atoms with E-state index < -0.39 is 0 Å². The molecule has 0 aliphatic heterocycles. The number of benzene rings is 1. The molecule has 102 valence electrons. The van der Waals surface area contributed by atoms with Gasteiger partial charge in [-0.05, 0) is 23.2 Å². The molecule has 2 aromatic rings. The fourth-order valence-electron chi connectivity index (χ4n) is 1.77. The van der Waals surface area contributed by atoms with Crippen LogP contribution >= 0.6 is 11.6 Å². The lowest BCUT2D eigenvalue weighted by Gasteiger charge is -2.12. The average molecular weight is 291 g/mol. The minimum Gasteiger partial charge on any atom is -0.494 e. The summed E-state index contributed by atoms with van der Waals surface area (Å²) in [7, 11) is 3.05. The number of rotatable bonds is 4. The maximum absolute atomic E-state index is 8.64. The molecule has 6 nitrogen and oxygen atoms in total. The highest BCUT2D eigenvalue weighted by molar-refractivity contribution is 6.31. The number of methoxy groups -OCH3 is 2. The van der Waals surface area contributed by atoms with Crippen molar-refractivity contribution in [1.82, 2.24) is 4.98 Å². The van der Waals surface area contributed by atoms with Gasteiger partial charge in [-0.25, -0.2) is 4.98 Å². The van der Waals surface area contributed by atoms with Crippen molar-refractivity contribution in [3.8, 4) is 22.8 Å². The number of halogens is 1. The minimum absolute atomic E-state index is 0.424. The summed E-state index contributed by atoms with van der Waals surface area (Å²) in [6, 6.07) is 6.69. The molecule has 0 saturated heterocycles. The second kappa shape index (κ2) is 6.14. The average Bonchev–Trinajstić information content (AvgIpc) is 2.48. The molecular weight excluding hydrogens is 280 g/mol. The maximum Gasteiger partial charge on any atom is 0.213 e. The third-order valence-electron chi connectivity index (χ3n) is 2.67. The smallest absolute Gasteiger partial charge is 0.213 e. The molecule has 0 aliphatic rings. The van der Waals surface area contributed by atoms with Gasteiger partial charge in [0.15, 0.2) is 0 Å². The van der Waals surface area contributed by atoms with Crippen LogP contribution in [0, 0.1) is 0 Å². The zero-order valence-corrected chi connectivity index (χ0v) is 11.6. The van der Waals surface area contributed by atoms with Gasteiger partial charge in [-0.3, -0.25) is 0 Å². The molecule has 0 fully saturated rings. The molecule has 0 unspecified atom stereocenters. The van der Waals surface area contributed by atoms with Crippen LogP contribution in [0.3, 0.4) is 0 Å². The molecule has 0 spiro atoms. The first kappa shape index (κ1) is 14.0. The zero-order valence-electron chi connectivity index (χ0n) is 10.9. The highest BCUT2D eigenvalue weighted by Crippen LogP contribution is 2.39. The van der Waals surface area contributed by atoms with Crippen LogP contribution in [0.1, 0.15) is 0 Å². The van der Waals surface area contributed by atoms with Crippen LogP contribution in [-0.4, -0.2) is 19.2 Å². The van der Waals surface area contributed by atoms with Gasteiger partial charge in [0, 0.05) is 27.3 Å². The Balaban J connectivity index is 2.71. The summed E-state index contributed by atoms with van der Waals surface area (Å²) in [5, 5.41) is 4.18. The predicted molar refractivity (Wildman–Crippen MR) is 76.6 cm³/mol. The van der Waals surface area contributed by atoms with E-state index in [2.05, 4.69) is 15.0 Å². The van der Waals surface area contributed by atoms with E-state index in [1.807, 2.05) is 0 Å². The number of nitrogens with zero attached hydrogens (tertiary/aromatic N) is 4. The number of aromatic nitrogens is 1. The van der Waals surface area contributed by atoms with Gasteiger partial charge < -0.3 is 9.47 Å². The summed E-state index contributed by atoms with van der Waals surface area (Å²) in [6.07, 6.45) is 1.54. The Labute approximate surface area is 120 Å². The van der Waals surface area contributed by atoms with E-state index >= 15 is 0 Å². The Morgan fingerprint density at radius 3 is 2.65 bits per heavy atom. The van der Waals surface area contributed by atoms with Crippen molar-refractivity contribution in [1.29, 1.82) is 0 Å². The number of pyridine rings is 1. The standard InChI is InChI=1S/C13H11ClN4O2/c1-19-12-7-16-13(20-2)6-10(12)9-5-8(14)3-4-11(9)17-18-15/h3-7H,1-2H3. The van der Waals surface area contributed by atoms with Crippen molar-refractivity contribution in [2.75, 3.05) is 14.2 Å². The molecule has 7 heteroatoms. The molecule has 0 aliphatic carbocycles. The number of hydrogen-bond donors (Lipinski definition) is 0. The summed E-state index contributed by atoms with van der Waals surface area (Å²) in [4.78, 5) is 6.88. The third kappa shape index (κ3) is 2.77.